The average Bonchev–Trinajstić information content (AvgIpc) is 2.29. The van der Waals surface area contributed by atoms with Gasteiger partial charge in [-0.25, -0.2) is 0 Å². The molecular formula is C8H13NO. The van der Waals surface area contributed by atoms with Crippen LogP contribution in [0, 0.1) is 0 Å². The van der Waals surface area contributed by atoms with Gasteiger partial charge in [0.1, 0.15) is 5.60 Å². The first kappa shape index (κ1) is 6.35. The number of hydrogen-bond donors (Lipinski definition) is 1. The van der Waals surface area contributed by atoms with Crippen molar-refractivity contribution in [2.24, 2.45) is 4.99 Å². The van der Waals surface area contributed by atoms with Gasteiger partial charge >= 0.3 is 0 Å². The van der Waals surface area contributed by atoms with E-state index < -0.39 is 5.60 Å². The molecule has 2 aliphatic rings. The second-order valence-electron chi connectivity index (χ2n) is 3.32. The van der Waals surface area contributed by atoms with Crippen molar-refractivity contribution in [2.45, 2.75) is 37.7 Å². The molecule has 10 heavy (non-hydrogen) atoms. The summed E-state index contributed by atoms with van der Waals surface area (Å²) in [6, 6.07) is 0. The number of aliphatic imine (C=N–C) groups is 1. The van der Waals surface area contributed by atoms with E-state index in [-0.39, 0.29) is 0 Å². The largest absolute Gasteiger partial charge is 0.384 e. The number of rotatable bonds is 0. The van der Waals surface area contributed by atoms with Crippen molar-refractivity contribution in [1.29, 1.82) is 0 Å². The summed E-state index contributed by atoms with van der Waals surface area (Å²) in [5.41, 5.74) is 0.622. The fourth-order valence-corrected chi connectivity index (χ4v) is 2.01. The van der Waals surface area contributed by atoms with Gasteiger partial charge in [0.15, 0.2) is 0 Å². The highest BCUT2D eigenvalue weighted by Crippen LogP contribution is 2.33. The number of nitrogens with zero attached hydrogens (tertiary/aromatic N) is 1. The second-order valence-corrected chi connectivity index (χ2v) is 3.32. The topological polar surface area (TPSA) is 32.6 Å². The molecule has 0 bridgehead atoms. The van der Waals surface area contributed by atoms with Crippen LogP contribution in [-0.4, -0.2) is 23.0 Å². The van der Waals surface area contributed by atoms with Gasteiger partial charge in [0.05, 0.1) is 0 Å². The lowest BCUT2D eigenvalue weighted by Crippen LogP contribution is -2.36. The Bertz CT molecular complexity index is 176. The quantitative estimate of drug-likeness (QED) is 0.536. The standard InChI is InChI=1S/C8H13NO/c10-8-4-1-3-7(8)9-6-2-5-8/h10H,1-6H2. The molecule has 1 N–H and O–H groups in total. The van der Waals surface area contributed by atoms with Crippen molar-refractivity contribution < 1.29 is 5.11 Å². The summed E-state index contributed by atoms with van der Waals surface area (Å²) in [5, 5.41) is 9.88. The maximum atomic E-state index is 9.88. The molecule has 0 aromatic heterocycles. The molecule has 1 saturated carbocycles. The molecule has 0 saturated heterocycles. The van der Waals surface area contributed by atoms with E-state index >= 15 is 0 Å². The van der Waals surface area contributed by atoms with Gasteiger partial charge in [-0.1, -0.05) is 0 Å². The van der Waals surface area contributed by atoms with Crippen LogP contribution in [0.5, 0.6) is 0 Å². The van der Waals surface area contributed by atoms with Crippen molar-refractivity contribution in [3.8, 4) is 0 Å². The second kappa shape index (κ2) is 2.06. The van der Waals surface area contributed by atoms with E-state index in [2.05, 4.69) is 4.99 Å². The number of fused-ring (bicyclic) bond motifs is 1. The summed E-state index contributed by atoms with van der Waals surface area (Å²) in [7, 11) is 0. The third kappa shape index (κ3) is 0.788. The highest BCUT2D eigenvalue weighted by atomic mass is 16.3. The van der Waals surface area contributed by atoms with Crippen LogP contribution in [0.2, 0.25) is 0 Å². The zero-order chi connectivity index (χ0) is 7.03. The van der Waals surface area contributed by atoms with Crippen molar-refractivity contribution >= 4 is 5.71 Å². The first-order chi connectivity index (χ1) is 4.81. The summed E-state index contributed by atoms with van der Waals surface area (Å²) < 4.78 is 0. The minimum absolute atomic E-state index is 0.460. The van der Waals surface area contributed by atoms with Gasteiger partial charge in [-0.15, -0.1) is 0 Å². The Balaban J connectivity index is 2.28. The van der Waals surface area contributed by atoms with Crippen molar-refractivity contribution in [3.63, 3.8) is 0 Å². The third-order valence-corrected chi connectivity index (χ3v) is 2.59. The summed E-state index contributed by atoms with van der Waals surface area (Å²) in [5.74, 6) is 0. The van der Waals surface area contributed by atoms with Gasteiger partial charge in [0.2, 0.25) is 0 Å². The Morgan fingerprint density at radius 2 is 2.10 bits per heavy atom. The molecule has 1 aliphatic heterocycles. The van der Waals surface area contributed by atoms with Gasteiger partial charge in [-0.2, -0.15) is 0 Å². The predicted octanol–water partition coefficient (Wildman–Crippen LogP) is 1.14. The lowest BCUT2D eigenvalue weighted by atomic mass is 9.92. The van der Waals surface area contributed by atoms with Gasteiger partial charge in [-0.05, 0) is 32.1 Å². The first-order valence-electron chi connectivity index (χ1n) is 4.07. The fraction of sp³-hybridized carbons (Fsp3) is 0.875. The summed E-state index contributed by atoms with van der Waals surface area (Å²) in [4.78, 5) is 4.33. The Morgan fingerprint density at radius 3 is 2.90 bits per heavy atom. The normalized spacial score (nSPS) is 39.1. The zero-order valence-corrected chi connectivity index (χ0v) is 6.14. The summed E-state index contributed by atoms with van der Waals surface area (Å²) >= 11 is 0. The number of aliphatic hydroxyl groups is 1. The maximum Gasteiger partial charge on any atom is 0.102 e. The molecule has 0 aromatic carbocycles. The van der Waals surface area contributed by atoms with Gasteiger partial charge in [0.25, 0.3) is 0 Å². The minimum atomic E-state index is -0.460. The predicted molar refractivity (Wildman–Crippen MR) is 40.3 cm³/mol. The Hall–Kier alpha value is -0.370. The Kier molecular flexibility index (Phi) is 1.31. The van der Waals surface area contributed by atoms with Crippen molar-refractivity contribution in [2.75, 3.05) is 6.54 Å². The van der Waals surface area contributed by atoms with E-state index in [4.69, 9.17) is 0 Å². The highest BCUT2D eigenvalue weighted by Gasteiger charge is 2.38. The molecule has 1 atom stereocenters. The molecule has 2 rings (SSSR count). The zero-order valence-electron chi connectivity index (χ0n) is 6.14. The smallest absolute Gasteiger partial charge is 0.102 e. The van der Waals surface area contributed by atoms with Gasteiger partial charge in [-0.3, -0.25) is 4.99 Å². The Labute approximate surface area is 61.0 Å². The summed E-state index contributed by atoms with van der Waals surface area (Å²) in [6.07, 6.45) is 5.14. The van der Waals surface area contributed by atoms with E-state index in [0.29, 0.717) is 0 Å². The molecule has 1 aliphatic carbocycles. The molecule has 1 heterocycles. The third-order valence-electron chi connectivity index (χ3n) is 2.59. The summed E-state index contributed by atoms with van der Waals surface area (Å²) in [6.45, 7) is 0.942. The van der Waals surface area contributed by atoms with Crippen LogP contribution in [-0.2, 0) is 0 Å². The van der Waals surface area contributed by atoms with Crippen molar-refractivity contribution in [3.05, 3.63) is 0 Å². The van der Waals surface area contributed by atoms with Crippen LogP contribution in [0.3, 0.4) is 0 Å². The fourth-order valence-electron chi connectivity index (χ4n) is 2.01. The van der Waals surface area contributed by atoms with Crippen molar-refractivity contribution in [1.82, 2.24) is 0 Å². The average molecular weight is 139 g/mol. The van der Waals surface area contributed by atoms with E-state index in [1.165, 1.54) is 0 Å². The molecular weight excluding hydrogens is 126 g/mol. The van der Waals surface area contributed by atoms with Gasteiger partial charge < -0.3 is 5.11 Å². The molecule has 56 valence electrons. The SMILES string of the molecule is OC12CCCN=C1CCC2. The van der Waals surface area contributed by atoms with Crippen LogP contribution >= 0.6 is 0 Å². The van der Waals surface area contributed by atoms with Crippen LogP contribution in [0.4, 0.5) is 0 Å². The minimum Gasteiger partial charge on any atom is -0.384 e. The van der Waals surface area contributed by atoms with E-state index in [0.717, 1.165) is 44.4 Å². The maximum absolute atomic E-state index is 9.88. The molecule has 1 fully saturated rings. The van der Waals surface area contributed by atoms with Gasteiger partial charge in [0, 0.05) is 12.3 Å². The molecule has 2 nitrogen and oxygen atoms in total. The van der Waals surface area contributed by atoms with E-state index in [1.54, 1.807) is 0 Å². The molecule has 2 heteroatoms. The lowest BCUT2D eigenvalue weighted by Gasteiger charge is -2.26. The van der Waals surface area contributed by atoms with E-state index in [9.17, 15) is 5.11 Å². The van der Waals surface area contributed by atoms with Crippen LogP contribution in [0.25, 0.3) is 0 Å². The van der Waals surface area contributed by atoms with Crippen LogP contribution < -0.4 is 0 Å². The highest BCUT2D eigenvalue weighted by molar-refractivity contribution is 5.94. The van der Waals surface area contributed by atoms with E-state index in [1.807, 2.05) is 0 Å². The molecule has 1 unspecified atom stereocenters. The lowest BCUT2D eigenvalue weighted by molar-refractivity contribution is 0.0970. The monoisotopic (exact) mass is 139 g/mol. The molecule has 0 spiro atoms. The first-order valence-corrected chi connectivity index (χ1v) is 4.07. The van der Waals surface area contributed by atoms with Crippen LogP contribution in [0.15, 0.2) is 4.99 Å². The molecule has 0 radical (unpaired) electrons. The van der Waals surface area contributed by atoms with Crippen LogP contribution in [0.1, 0.15) is 32.1 Å². The Morgan fingerprint density at radius 1 is 1.30 bits per heavy atom. The number of hydrogen-bond acceptors (Lipinski definition) is 2. The molecule has 0 aromatic rings. The molecule has 0 amide bonds.